The van der Waals surface area contributed by atoms with E-state index in [0.717, 1.165) is 22.1 Å². The fraction of sp³-hybridized carbons (Fsp3) is 0.105. The van der Waals surface area contributed by atoms with Crippen molar-refractivity contribution in [2.75, 3.05) is 7.11 Å². The molecule has 0 atom stereocenters. The van der Waals surface area contributed by atoms with Crippen molar-refractivity contribution in [3.05, 3.63) is 71.8 Å². The summed E-state index contributed by atoms with van der Waals surface area (Å²) in [4.78, 5) is 12.2. The molecule has 0 aromatic heterocycles. The molecular formula is C19H16O4. The van der Waals surface area contributed by atoms with Crippen LogP contribution in [0.4, 0.5) is 0 Å². The number of benzene rings is 3. The highest BCUT2D eigenvalue weighted by molar-refractivity contribution is 5.98. The summed E-state index contributed by atoms with van der Waals surface area (Å²) < 4.78 is 10.4. The van der Waals surface area contributed by atoms with Crippen LogP contribution in [0.5, 0.6) is 11.5 Å². The average molecular weight is 308 g/mol. The van der Waals surface area contributed by atoms with Crippen molar-refractivity contribution in [2.45, 2.75) is 6.61 Å². The fourth-order valence-electron chi connectivity index (χ4n) is 2.34. The molecule has 3 rings (SSSR count). The molecule has 4 heteroatoms. The normalized spacial score (nSPS) is 10.5. The summed E-state index contributed by atoms with van der Waals surface area (Å²) in [6.07, 6.45) is 0. The lowest BCUT2D eigenvalue weighted by atomic mass is 10.1. The van der Waals surface area contributed by atoms with E-state index in [1.54, 1.807) is 31.4 Å². The summed E-state index contributed by atoms with van der Waals surface area (Å²) in [5.74, 6) is 0.111. The van der Waals surface area contributed by atoms with Crippen LogP contribution in [0, 0.1) is 0 Å². The molecule has 0 saturated carbocycles. The number of carbonyl (C=O) groups is 1. The maximum Gasteiger partial charge on any atom is 0.342 e. The van der Waals surface area contributed by atoms with Crippen molar-refractivity contribution < 1.29 is 19.4 Å². The molecule has 116 valence electrons. The highest BCUT2D eigenvalue weighted by atomic mass is 16.5. The van der Waals surface area contributed by atoms with Crippen LogP contribution in [0.1, 0.15) is 15.9 Å². The lowest BCUT2D eigenvalue weighted by Crippen LogP contribution is -2.05. The van der Waals surface area contributed by atoms with Crippen LogP contribution in [-0.2, 0) is 11.3 Å². The van der Waals surface area contributed by atoms with Crippen LogP contribution in [0.25, 0.3) is 10.8 Å². The minimum absolute atomic E-state index is 0.0802. The Morgan fingerprint density at radius 3 is 2.30 bits per heavy atom. The largest absolute Gasteiger partial charge is 0.507 e. The third-order valence-electron chi connectivity index (χ3n) is 3.61. The lowest BCUT2D eigenvalue weighted by Gasteiger charge is -2.08. The quantitative estimate of drug-likeness (QED) is 0.742. The summed E-state index contributed by atoms with van der Waals surface area (Å²) in [5, 5.41) is 11.8. The predicted molar refractivity (Wildman–Crippen MR) is 87.7 cm³/mol. The van der Waals surface area contributed by atoms with E-state index < -0.39 is 5.97 Å². The summed E-state index contributed by atoms with van der Waals surface area (Å²) in [6, 6.07) is 18.0. The van der Waals surface area contributed by atoms with Crippen molar-refractivity contribution in [3.8, 4) is 11.5 Å². The van der Waals surface area contributed by atoms with Gasteiger partial charge in [-0.2, -0.15) is 0 Å². The number of hydrogen-bond donors (Lipinski definition) is 1. The number of esters is 1. The van der Waals surface area contributed by atoms with Crippen molar-refractivity contribution in [2.24, 2.45) is 0 Å². The number of hydrogen-bond acceptors (Lipinski definition) is 4. The maximum absolute atomic E-state index is 12.2. The second-order valence-corrected chi connectivity index (χ2v) is 5.14. The van der Waals surface area contributed by atoms with Crippen molar-refractivity contribution in [3.63, 3.8) is 0 Å². The molecule has 0 amide bonds. The van der Waals surface area contributed by atoms with Gasteiger partial charge in [-0.3, -0.25) is 0 Å². The van der Waals surface area contributed by atoms with Gasteiger partial charge in [0.1, 0.15) is 23.7 Å². The Kier molecular flexibility index (Phi) is 4.15. The molecule has 0 aliphatic heterocycles. The van der Waals surface area contributed by atoms with Crippen molar-refractivity contribution in [1.29, 1.82) is 0 Å². The number of rotatable bonds is 4. The second-order valence-electron chi connectivity index (χ2n) is 5.14. The van der Waals surface area contributed by atoms with Gasteiger partial charge in [0.2, 0.25) is 0 Å². The van der Waals surface area contributed by atoms with Gasteiger partial charge in [-0.05, 0) is 40.6 Å². The number of phenolic OH excluding ortho intramolecular Hbond substituents is 1. The van der Waals surface area contributed by atoms with E-state index in [0.29, 0.717) is 0 Å². The van der Waals surface area contributed by atoms with Gasteiger partial charge in [0, 0.05) is 0 Å². The maximum atomic E-state index is 12.2. The van der Waals surface area contributed by atoms with Gasteiger partial charge in [0.15, 0.2) is 0 Å². The zero-order valence-corrected chi connectivity index (χ0v) is 12.7. The Morgan fingerprint density at radius 2 is 1.65 bits per heavy atom. The average Bonchev–Trinajstić information content (AvgIpc) is 2.59. The number of ether oxygens (including phenoxy) is 2. The Hall–Kier alpha value is -3.01. The standard InChI is InChI=1S/C19H16O4/c1-22-16-8-6-13(7-9-16)12-23-19(21)17-10-14-4-2-3-5-15(14)11-18(17)20/h2-11,20H,12H2,1H3. The van der Waals surface area contributed by atoms with Crippen LogP contribution >= 0.6 is 0 Å². The monoisotopic (exact) mass is 308 g/mol. The van der Waals surface area contributed by atoms with E-state index in [2.05, 4.69) is 0 Å². The number of aromatic hydroxyl groups is 1. The second kappa shape index (κ2) is 6.40. The van der Waals surface area contributed by atoms with Gasteiger partial charge in [0.05, 0.1) is 7.11 Å². The smallest absolute Gasteiger partial charge is 0.342 e. The third-order valence-corrected chi connectivity index (χ3v) is 3.61. The third kappa shape index (κ3) is 3.26. The number of fused-ring (bicyclic) bond motifs is 1. The molecule has 23 heavy (non-hydrogen) atoms. The Labute approximate surface area is 133 Å². The highest BCUT2D eigenvalue weighted by Gasteiger charge is 2.14. The first-order valence-electron chi connectivity index (χ1n) is 7.19. The van der Waals surface area contributed by atoms with Gasteiger partial charge in [-0.15, -0.1) is 0 Å². The summed E-state index contributed by atoms with van der Waals surface area (Å²) in [7, 11) is 1.59. The van der Waals surface area contributed by atoms with Gasteiger partial charge in [-0.1, -0.05) is 36.4 Å². The highest BCUT2D eigenvalue weighted by Crippen LogP contribution is 2.26. The van der Waals surface area contributed by atoms with Gasteiger partial charge in [-0.25, -0.2) is 4.79 Å². The number of carbonyl (C=O) groups excluding carboxylic acids is 1. The van der Waals surface area contributed by atoms with E-state index in [9.17, 15) is 9.90 Å². The molecule has 0 heterocycles. The molecular weight excluding hydrogens is 292 g/mol. The molecule has 3 aromatic carbocycles. The Morgan fingerprint density at radius 1 is 1.00 bits per heavy atom. The summed E-state index contributed by atoms with van der Waals surface area (Å²) in [5.41, 5.74) is 1.01. The molecule has 3 aromatic rings. The van der Waals surface area contributed by atoms with Crippen LogP contribution in [-0.4, -0.2) is 18.2 Å². The Balaban J connectivity index is 1.76. The van der Waals surface area contributed by atoms with Crippen LogP contribution in [0.15, 0.2) is 60.7 Å². The molecule has 4 nitrogen and oxygen atoms in total. The molecule has 1 N–H and O–H groups in total. The van der Waals surface area contributed by atoms with E-state index in [1.807, 2.05) is 36.4 Å². The number of phenols is 1. The molecule has 0 fully saturated rings. The SMILES string of the molecule is COc1ccc(COC(=O)c2cc3ccccc3cc2O)cc1. The van der Waals surface area contributed by atoms with Crippen LogP contribution in [0.2, 0.25) is 0 Å². The van der Waals surface area contributed by atoms with E-state index in [4.69, 9.17) is 9.47 Å². The minimum atomic E-state index is -0.552. The molecule has 0 radical (unpaired) electrons. The summed E-state index contributed by atoms with van der Waals surface area (Å²) in [6.45, 7) is 0.134. The minimum Gasteiger partial charge on any atom is -0.507 e. The van der Waals surface area contributed by atoms with Crippen molar-refractivity contribution in [1.82, 2.24) is 0 Å². The fourth-order valence-corrected chi connectivity index (χ4v) is 2.34. The lowest BCUT2D eigenvalue weighted by molar-refractivity contribution is 0.0469. The van der Waals surface area contributed by atoms with E-state index in [1.165, 1.54) is 0 Å². The zero-order chi connectivity index (χ0) is 16.2. The predicted octanol–water partition coefficient (Wildman–Crippen LogP) is 3.91. The zero-order valence-electron chi connectivity index (χ0n) is 12.7. The van der Waals surface area contributed by atoms with Crippen LogP contribution < -0.4 is 4.74 Å². The van der Waals surface area contributed by atoms with Gasteiger partial charge in [0.25, 0.3) is 0 Å². The van der Waals surface area contributed by atoms with Crippen molar-refractivity contribution >= 4 is 16.7 Å². The molecule has 0 aliphatic rings. The van der Waals surface area contributed by atoms with E-state index >= 15 is 0 Å². The summed E-state index contributed by atoms with van der Waals surface area (Å²) >= 11 is 0. The van der Waals surface area contributed by atoms with Crippen LogP contribution in [0.3, 0.4) is 0 Å². The van der Waals surface area contributed by atoms with E-state index in [-0.39, 0.29) is 17.9 Å². The van der Waals surface area contributed by atoms with Gasteiger partial charge >= 0.3 is 5.97 Å². The molecule has 0 aliphatic carbocycles. The molecule has 0 unspecified atom stereocenters. The number of methoxy groups -OCH3 is 1. The molecule has 0 bridgehead atoms. The Bertz CT molecular complexity index is 838. The first kappa shape index (κ1) is 14.9. The first-order chi connectivity index (χ1) is 11.2. The molecule has 0 spiro atoms. The van der Waals surface area contributed by atoms with Gasteiger partial charge < -0.3 is 14.6 Å². The topological polar surface area (TPSA) is 55.8 Å². The first-order valence-corrected chi connectivity index (χ1v) is 7.19. The molecule has 0 saturated heterocycles.